The van der Waals surface area contributed by atoms with Crippen molar-refractivity contribution >= 4 is 5.82 Å². The molecule has 2 aromatic rings. The SMILES string of the molecule is Cc1nc(N)c(C[n+]2ccccc2C)c[n+]1C.[O-][Cl+3]([O-])([O-])[O-].[O-][Cl+3]([O-])([O-])[O-]. The molecule has 0 saturated heterocycles. The van der Waals surface area contributed by atoms with E-state index < -0.39 is 20.5 Å². The van der Waals surface area contributed by atoms with E-state index in [2.05, 4.69) is 28.7 Å². The molecule has 0 bridgehead atoms. The summed E-state index contributed by atoms with van der Waals surface area (Å²) < 4.78 is 72.1. The van der Waals surface area contributed by atoms with Crippen molar-refractivity contribution in [1.29, 1.82) is 0 Å². The predicted molar refractivity (Wildman–Crippen MR) is 65.0 cm³/mol. The summed E-state index contributed by atoms with van der Waals surface area (Å²) >= 11 is 0. The number of pyridine rings is 1. The van der Waals surface area contributed by atoms with E-state index in [-0.39, 0.29) is 0 Å². The second kappa shape index (κ2) is 10.6. The maximum absolute atomic E-state index is 8.49. The van der Waals surface area contributed by atoms with Crippen LogP contribution in [0.15, 0.2) is 30.6 Å². The van der Waals surface area contributed by atoms with Crippen molar-refractivity contribution in [2.24, 2.45) is 7.05 Å². The molecule has 0 aliphatic heterocycles. The third kappa shape index (κ3) is 14.1. The van der Waals surface area contributed by atoms with Gasteiger partial charge >= 0.3 is 0 Å². The smallest absolute Gasteiger partial charge is 0.297 e. The monoisotopic (exact) mass is 428 g/mol. The van der Waals surface area contributed by atoms with E-state index in [9.17, 15) is 0 Å². The fourth-order valence-electron chi connectivity index (χ4n) is 1.76. The number of hydrogen-bond donors (Lipinski definition) is 1. The van der Waals surface area contributed by atoms with Crippen molar-refractivity contribution in [3.05, 3.63) is 47.7 Å². The minimum Gasteiger partial charge on any atom is -0.362 e. The second-order valence-electron chi connectivity index (χ2n) is 5.04. The first-order valence-electron chi connectivity index (χ1n) is 6.88. The molecule has 0 spiro atoms. The summed E-state index contributed by atoms with van der Waals surface area (Å²) in [5.74, 6) is 1.53. The van der Waals surface area contributed by atoms with Gasteiger partial charge in [0.05, 0.1) is 7.05 Å². The number of aryl methyl sites for hydroxylation is 3. The van der Waals surface area contributed by atoms with Crippen LogP contribution in [0, 0.1) is 34.3 Å². The Labute approximate surface area is 159 Å². The van der Waals surface area contributed by atoms with Crippen LogP contribution >= 0.6 is 0 Å². The highest BCUT2D eigenvalue weighted by molar-refractivity contribution is 5.35. The summed E-state index contributed by atoms with van der Waals surface area (Å²) in [4.78, 5) is 4.33. The van der Waals surface area contributed by atoms with Gasteiger partial charge < -0.3 is 5.73 Å². The van der Waals surface area contributed by atoms with Crippen molar-refractivity contribution in [1.82, 2.24) is 4.98 Å². The molecule has 0 fully saturated rings. The molecule has 2 heterocycles. The third-order valence-electron chi connectivity index (χ3n) is 2.98. The maximum Gasteiger partial charge on any atom is 0.297 e. The number of nitrogens with zero attached hydrogens (tertiary/aromatic N) is 3. The van der Waals surface area contributed by atoms with Gasteiger partial charge in [0.15, 0.2) is 18.4 Å². The quantitative estimate of drug-likeness (QED) is 0.443. The lowest BCUT2D eigenvalue weighted by atomic mass is 10.2. The first-order chi connectivity index (χ1) is 12.1. The van der Waals surface area contributed by atoms with Crippen molar-refractivity contribution in [2.75, 3.05) is 5.73 Å². The topological polar surface area (TPSA) is 231 Å². The van der Waals surface area contributed by atoms with Crippen LogP contribution in [0.5, 0.6) is 0 Å². The summed E-state index contributed by atoms with van der Waals surface area (Å²) in [7, 11) is -7.91. The highest BCUT2D eigenvalue weighted by Gasteiger charge is 2.16. The van der Waals surface area contributed by atoms with Gasteiger partial charge in [-0.15, -0.1) is 20.5 Å². The Kier molecular flexibility index (Phi) is 9.91. The fraction of sp³-hybridized carbons (Fsp3) is 0.308. The molecule has 0 saturated carbocycles. The van der Waals surface area contributed by atoms with Crippen LogP contribution < -0.4 is 52.1 Å². The van der Waals surface area contributed by atoms with E-state index in [1.807, 2.05) is 36.9 Å². The van der Waals surface area contributed by atoms with Gasteiger partial charge in [-0.2, -0.15) is 4.57 Å². The van der Waals surface area contributed by atoms with Gasteiger partial charge in [0.25, 0.3) is 11.6 Å². The molecule has 0 radical (unpaired) electrons. The summed E-state index contributed by atoms with van der Waals surface area (Å²) in [5.41, 5.74) is 8.19. The molecular formula is C13H18Cl2N4O8. The maximum atomic E-state index is 8.49. The molecule has 12 nitrogen and oxygen atoms in total. The van der Waals surface area contributed by atoms with Crippen LogP contribution in [0.4, 0.5) is 5.82 Å². The lowest BCUT2D eigenvalue weighted by Crippen LogP contribution is -2.68. The van der Waals surface area contributed by atoms with Crippen LogP contribution in [0.25, 0.3) is 0 Å². The van der Waals surface area contributed by atoms with Gasteiger partial charge in [-0.3, -0.25) is 0 Å². The van der Waals surface area contributed by atoms with E-state index in [1.165, 1.54) is 5.69 Å². The molecule has 14 heteroatoms. The van der Waals surface area contributed by atoms with Gasteiger partial charge in [-0.1, -0.05) is 6.07 Å². The van der Waals surface area contributed by atoms with E-state index in [1.54, 1.807) is 0 Å². The number of hydrogen-bond acceptors (Lipinski definition) is 10. The number of nitrogen functional groups attached to an aromatic ring is 1. The number of rotatable bonds is 2. The number of halogens is 2. The molecular weight excluding hydrogens is 411 g/mol. The van der Waals surface area contributed by atoms with Crippen LogP contribution in [-0.4, -0.2) is 4.98 Å². The van der Waals surface area contributed by atoms with Crippen molar-refractivity contribution in [3.8, 4) is 0 Å². The largest absolute Gasteiger partial charge is 0.362 e. The minimum absolute atomic E-state index is 0.608. The Morgan fingerprint density at radius 1 is 0.963 bits per heavy atom. The van der Waals surface area contributed by atoms with Crippen LogP contribution in [0.2, 0.25) is 0 Å². The van der Waals surface area contributed by atoms with Gasteiger partial charge in [-0.05, 0) is 4.98 Å². The Bertz CT molecular complexity index is 713. The zero-order valence-electron chi connectivity index (χ0n) is 14.5. The molecule has 0 amide bonds. The Balaban J connectivity index is 0.000000563. The highest BCUT2D eigenvalue weighted by atomic mass is 35.7. The summed E-state index contributed by atoms with van der Waals surface area (Å²) in [6, 6.07) is 6.13. The number of nitrogens with two attached hydrogens (primary N) is 1. The van der Waals surface area contributed by atoms with Gasteiger partial charge in [0.2, 0.25) is 0 Å². The molecule has 27 heavy (non-hydrogen) atoms. The van der Waals surface area contributed by atoms with E-state index in [0.29, 0.717) is 5.82 Å². The molecule has 0 atom stereocenters. The predicted octanol–water partition coefficient (Wildman–Crippen LogP) is -9.07. The summed E-state index contributed by atoms with van der Waals surface area (Å²) in [6.45, 7) is 4.78. The lowest BCUT2D eigenvalue weighted by molar-refractivity contribution is -2.00. The van der Waals surface area contributed by atoms with Crippen molar-refractivity contribution in [2.45, 2.75) is 20.4 Å². The Morgan fingerprint density at radius 3 is 1.89 bits per heavy atom. The second-order valence-corrected chi connectivity index (χ2v) is 6.55. The average Bonchev–Trinajstić information content (AvgIpc) is 2.43. The minimum atomic E-state index is -4.94. The molecule has 0 aliphatic rings. The van der Waals surface area contributed by atoms with Crippen LogP contribution in [-0.2, 0) is 13.6 Å². The van der Waals surface area contributed by atoms with E-state index in [4.69, 9.17) is 43.0 Å². The molecule has 152 valence electrons. The number of aromatic nitrogens is 3. The molecule has 0 aliphatic carbocycles. The normalized spacial score (nSPS) is 11.1. The van der Waals surface area contributed by atoms with Crippen molar-refractivity contribution in [3.63, 3.8) is 0 Å². The Morgan fingerprint density at radius 2 is 1.44 bits per heavy atom. The lowest BCUT2D eigenvalue weighted by Gasteiger charge is -2.17. The number of anilines is 1. The van der Waals surface area contributed by atoms with Gasteiger partial charge in [0.1, 0.15) is 11.8 Å². The zero-order chi connectivity index (χ0) is 21.4. The molecule has 0 unspecified atom stereocenters. The van der Waals surface area contributed by atoms with E-state index in [0.717, 1.165) is 17.9 Å². The first kappa shape index (κ1) is 25.3. The molecule has 2 aromatic heterocycles. The molecule has 2 rings (SSSR count). The van der Waals surface area contributed by atoms with Crippen LogP contribution in [0.1, 0.15) is 17.1 Å². The Hall–Kier alpha value is -1.71. The fourth-order valence-corrected chi connectivity index (χ4v) is 1.76. The van der Waals surface area contributed by atoms with E-state index >= 15 is 0 Å². The first-order valence-corrected chi connectivity index (χ1v) is 9.35. The van der Waals surface area contributed by atoms with Gasteiger partial charge in [-0.25, -0.2) is 41.8 Å². The van der Waals surface area contributed by atoms with Crippen molar-refractivity contribution < 1.29 is 66.9 Å². The molecule has 0 aromatic carbocycles. The summed E-state index contributed by atoms with van der Waals surface area (Å²) in [6.07, 6.45) is 4.09. The van der Waals surface area contributed by atoms with Crippen LogP contribution in [0.3, 0.4) is 0 Å². The average molecular weight is 429 g/mol. The highest BCUT2D eigenvalue weighted by Crippen LogP contribution is 2.05. The van der Waals surface area contributed by atoms with Gasteiger partial charge in [0, 0.05) is 26.0 Å². The zero-order valence-corrected chi connectivity index (χ0v) is 16.0. The summed E-state index contributed by atoms with van der Waals surface area (Å²) in [5, 5.41) is 0. The third-order valence-corrected chi connectivity index (χ3v) is 2.98. The molecule has 2 N–H and O–H groups in total. The standard InChI is InChI=1S/C13H17N4.2ClHO4/c1-10-6-4-5-7-17(10)9-12-8-16(3)11(2)15-13(12)14;2*2-1(3,4)5/h4-8,14H,9H2,1-3H3;2*(H,2,3,4,5)/q+1;;/p-1.